The third kappa shape index (κ3) is 4.70. The molecule has 2 aliphatic rings. The molecule has 1 saturated carbocycles. The average Bonchev–Trinajstić information content (AvgIpc) is 2.70. The summed E-state index contributed by atoms with van der Waals surface area (Å²) < 4.78 is 5.74. The van der Waals surface area contributed by atoms with Crippen molar-refractivity contribution < 1.29 is 9.53 Å². The Morgan fingerprint density at radius 1 is 1.03 bits per heavy atom. The number of carbonyl (C=O) groups is 1. The molecule has 0 radical (unpaired) electrons. The number of benzene rings is 2. The summed E-state index contributed by atoms with van der Waals surface area (Å²) in [4.78, 5) is 18.1. The Morgan fingerprint density at radius 2 is 1.63 bits per heavy atom. The average molecular weight is 407 g/mol. The van der Waals surface area contributed by atoms with Gasteiger partial charge in [0.2, 0.25) is 5.91 Å². The van der Waals surface area contributed by atoms with Crippen molar-refractivity contribution in [2.24, 2.45) is 11.8 Å². The van der Waals surface area contributed by atoms with E-state index in [2.05, 4.69) is 48.0 Å². The first-order valence-electron chi connectivity index (χ1n) is 11.2. The molecule has 1 saturated heterocycles. The predicted octanol–water partition coefficient (Wildman–Crippen LogP) is 4.30. The van der Waals surface area contributed by atoms with Gasteiger partial charge in [-0.15, -0.1) is 0 Å². The zero-order chi connectivity index (χ0) is 21.3. The van der Waals surface area contributed by atoms with Crippen LogP contribution in [0, 0.1) is 18.8 Å². The van der Waals surface area contributed by atoms with E-state index in [4.69, 9.17) is 4.74 Å². The molecule has 160 valence electrons. The fourth-order valence-electron chi connectivity index (χ4n) is 5.09. The molecule has 1 heterocycles. The Labute approximate surface area is 180 Å². The molecule has 4 heteroatoms. The van der Waals surface area contributed by atoms with Crippen LogP contribution in [-0.2, 0) is 17.8 Å². The van der Waals surface area contributed by atoms with E-state index in [0.29, 0.717) is 30.8 Å². The highest BCUT2D eigenvalue weighted by Crippen LogP contribution is 2.43. The summed E-state index contributed by atoms with van der Waals surface area (Å²) in [6, 6.07) is 17.0. The zero-order valence-electron chi connectivity index (χ0n) is 18.7. The van der Waals surface area contributed by atoms with Gasteiger partial charge in [-0.2, -0.15) is 0 Å². The molecule has 30 heavy (non-hydrogen) atoms. The van der Waals surface area contributed by atoms with Gasteiger partial charge in [-0.1, -0.05) is 42.0 Å². The number of hydrogen-bond donors (Lipinski definition) is 0. The van der Waals surface area contributed by atoms with E-state index in [-0.39, 0.29) is 12.0 Å². The largest absolute Gasteiger partial charge is 0.491 e. The molecule has 4 rings (SSSR count). The minimum Gasteiger partial charge on any atom is -0.491 e. The second-order valence-corrected chi connectivity index (χ2v) is 9.46. The quantitative estimate of drug-likeness (QED) is 0.687. The third-order valence-corrected chi connectivity index (χ3v) is 6.47. The molecule has 2 fully saturated rings. The zero-order valence-corrected chi connectivity index (χ0v) is 18.7. The lowest BCUT2D eigenvalue weighted by atomic mass is 9.65. The molecule has 1 aliphatic carbocycles. The lowest BCUT2D eigenvalue weighted by Crippen LogP contribution is -2.64. The summed E-state index contributed by atoms with van der Waals surface area (Å²) in [5, 5.41) is 0. The maximum Gasteiger partial charge on any atom is 0.227 e. The Balaban J connectivity index is 1.50. The Morgan fingerprint density at radius 3 is 2.23 bits per heavy atom. The van der Waals surface area contributed by atoms with Crippen molar-refractivity contribution in [3.8, 4) is 5.75 Å². The van der Waals surface area contributed by atoms with E-state index in [0.717, 1.165) is 24.4 Å². The second-order valence-electron chi connectivity index (χ2n) is 9.46. The Kier molecular flexibility index (Phi) is 6.14. The molecule has 4 nitrogen and oxygen atoms in total. The van der Waals surface area contributed by atoms with Crippen molar-refractivity contribution in [1.29, 1.82) is 0 Å². The minimum absolute atomic E-state index is 0.152. The van der Waals surface area contributed by atoms with Crippen molar-refractivity contribution in [1.82, 2.24) is 9.80 Å². The molecule has 2 aromatic rings. The number of hydrogen-bond acceptors (Lipinski definition) is 3. The van der Waals surface area contributed by atoms with Crippen LogP contribution in [0.15, 0.2) is 48.5 Å². The predicted molar refractivity (Wildman–Crippen MR) is 121 cm³/mol. The number of likely N-dealkylation sites (tertiary alicyclic amines) is 1. The van der Waals surface area contributed by atoms with Gasteiger partial charge >= 0.3 is 0 Å². The molecule has 2 aromatic carbocycles. The highest BCUT2D eigenvalue weighted by Gasteiger charge is 2.49. The van der Waals surface area contributed by atoms with Crippen molar-refractivity contribution >= 4 is 5.91 Å². The van der Waals surface area contributed by atoms with Gasteiger partial charge < -0.3 is 14.5 Å². The SMILES string of the molecule is Cc1ccc(CN(C(=O)Cc2ccc(OC(C)C)cc2)C2[C@@H]3C[C@H]2CN(C)C3)cc1. The standard InChI is InChI=1S/C26H34N2O2/c1-18(2)30-24-11-9-20(10-12-24)13-25(29)28(15-21-7-5-19(3)6-8-21)26-22-14-23(26)17-27(4)16-22/h5-12,18,22-23,26H,13-17H2,1-4H3/t22-,23+,26?. The van der Waals surface area contributed by atoms with Crippen molar-refractivity contribution in [3.05, 3.63) is 65.2 Å². The fourth-order valence-corrected chi connectivity index (χ4v) is 5.09. The highest BCUT2D eigenvalue weighted by atomic mass is 16.5. The molecule has 1 unspecified atom stereocenters. The molecule has 0 aromatic heterocycles. The van der Waals surface area contributed by atoms with Crippen LogP contribution in [-0.4, -0.2) is 48.0 Å². The van der Waals surface area contributed by atoms with Crippen LogP contribution in [0.4, 0.5) is 0 Å². The van der Waals surface area contributed by atoms with E-state index in [9.17, 15) is 4.79 Å². The number of fused-ring (bicyclic) bond motifs is 2. The van der Waals surface area contributed by atoms with E-state index in [1.54, 1.807) is 0 Å². The van der Waals surface area contributed by atoms with Gasteiger partial charge in [0.25, 0.3) is 0 Å². The van der Waals surface area contributed by atoms with Crippen LogP contribution in [0.5, 0.6) is 5.75 Å². The molecule has 1 amide bonds. The van der Waals surface area contributed by atoms with Crippen LogP contribution < -0.4 is 4.74 Å². The van der Waals surface area contributed by atoms with Crippen LogP contribution in [0.1, 0.15) is 37.0 Å². The second kappa shape index (κ2) is 8.81. The number of rotatable bonds is 7. The number of nitrogens with zero attached hydrogens (tertiary/aromatic N) is 2. The number of amides is 1. The lowest BCUT2D eigenvalue weighted by Gasteiger charge is -2.56. The summed E-state index contributed by atoms with van der Waals surface area (Å²) in [7, 11) is 2.20. The van der Waals surface area contributed by atoms with Gasteiger partial charge in [-0.25, -0.2) is 0 Å². The van der Waals surface area contributed by atoms with Crippen LogP contribution in [0.3, 0.4) is 0 Å². The smallest absolute Gasteiger partial charge is 0.227 e. The van der Waals surface area contributed by atoms with Crippen molar-refractivity contribution in [3.63, 3.8) is 0 Å². The van der Waals surface area contributed by atoms with E-state index in [1.165, 1.54) is 17.5 Å². The van der Waals surface area contributed by atoms with E-state index in [1.807, 2.05) is 38.1 Å². The summed E-state index contributed by atoms with van der Waals surface area (Å²) in [5.41, 5.74) is 3.52. The van der Waals surface area contributed by atoms with Crippen LogP contribution >= 0.6 is 0 Å². The molecular formula is C26H34N2O2. The van der Waals surface area contributed by atoms with E-state index < -0.39 is 0 Å². The number of ether oxygens (including phenoxy) is 1. The van der Waals surface area contributed by atoms with Gasteiger partial charge in [0.1, 0.15) is 5.75 Å². The van der Waals surface area contributed by atoms with Gasteiger partial charge in [-0.05, 0) is 69.3 Å². The van der Waals surface area contributed by atoms with Gasteiger partial charge in [-0.3, -0.25) is 4.79 Å². The number of carbonyl (C=O) groups excluding carboxylic acids is 1. The lowest BCUT2D eigenvalue weighted by molar-refractivity contribution is -0.146. The fraction of sp³-hybridized carbons (Fsp3) is 0.500. The van der Waals surface area contributed by atoms with Crippen LogP contribution in [0.2, 0.25) is 0 Å². The summed E-state index contributed by atoms with van der Waals surface area (Å²) in [5.74, 6) is 2.29. The molecule has 3 atom stereocenters. The topological polar surface area (TPSA) is 32.8 Å². The van der Waals surface area contributed by atoms with Crippen molar-refractivity contribution in [2.75, 3.05) is 20.1 Å². The van der Waals surface area contributed by atoms with Gasteiger partial charge in [0.15, 0.2) is 0 Å². The first-order valence-corrected chi connectivity index (χ1v) is 11.2. The summed E-state index contributed by atoms with van der Waals surface area (Å²) >= 11 is 0. The van der Waals surface area contributed by atoms with E-state index >= 15 is 0 Å². The maximum absolute atomic E-state index is 13.5. The van der Waals surface area contributed by atoms with Gasteiger partial charge in [0.05, 0.1) is 12.5 Å². The monoisotopic (exact) mass is 406 g/mol. The van der Waals surface area contributed by atoms with Gasteiger partial charge in [0, 0.05) is 25.7 Å². The molecular weight excluding hydrogens is 372 g/mol. The Bertz CT molecular complexity index is 848. The first-order chi connectivity index (χ1) is 14.4. The number of aryl methyl sites for hydroxylation is 1. The molecule has 0 N–H and O–H groups in total. The molecule has 0 spiro atoms. The third-order valence-electron chi connectivity index (χ3n) is 6.47. The Hall–Kier alpha value is -2.33. The highest BCUT2D eigenvalue weighted by molar-refractivity contribution is 5.79. The molecule has 1 aliphatic heterocycles. The van der Waals surface area contributed by atoms with Crippen LogP contribution in [0.25, 0.3) is 0 Å². The summed E-state index contributed by atoms with van der Waals surface area (Å²) in [6.45, 7) is 9.04. The number of piperidine rings is 2. The maximum atomic E-state index is 13.5. The summed E-state index contributed by atoms with van der Waals surface area (Å²) in [6.07, 6.45) is 1.85. The van der Waals surface area contributed by atoms with Crippen molar-refractivity contribution in [2.45, 2.75) is 52.3 Å². The normalized spacial score (nSPS) is 23.2. The first kappa shape index (κ1) is 20.9. The molecule has 2 bridgehead atoms. The minimum atomic E-state index is 0.152.